The van der Waals surface area contributed by atoms with Gasteiger partial charge in [-0.25, -0.2) is 27.3 Å². The van der Waals surface area contributed by atoms with Crippen LogP contribution in [0, 0.1) is 5.82 Å². The van der Waals surface area contributed by atoms with Crippen LogP contribution in [0.1, 0.15) is 68.4 Å². The molecule has 46 heavy (non-hydrogen) atoms. The number of benzene rings is 2. The maximum atomic E-state index is 15.5. The number of amides is 2. The quantitative estimate of drug-likeness (QED) is 0.167. The summed E-state index contributed by atoms with van der Waals surface area (Å²) >= 11 is 1.36. The fourth-order valence-corrected chi connectivity index (χ4v) is 7.12. The monoisotopic (exact) mass is 659 g/mol. The zero-order chi connectivity index (χ0) is 32.8. The van der Waals surface area contributed by atoms with Gasteiger partial charge in [-0.15, -0.1) is 0 Å². The smallest absolute Gasteiger partial charge is 0.411 e. The molecule has 8 nitrogen and oxygen atoms in total. The number of rotatable bonds is 7. The summed E-state index contributed by atoms with van der Waals surface area (Å²) in [5, 5.41) is 2.95. The summed E-state index contributed by atoms with van der Waals surface area (Å²) < 4.78 is 65.6. The maximum absolute atomic E-state index is 15.5. The van der Waals surface area contributed by atoms with E-state index in [1.165, 1.54) is 23.5 Å². The van der Waals surface area contributed by atoms with Crippen LogP contribution in [0.5, 0.6) is 0 Å². The number of imidazole rings is 1. The van der Waals surface area contributed by atoms with E-state index in [-0.39, 0.29) is 17.0 Å². The van der Waals surface area contributed by atoms with E-state index in [1.54, 1.807) is 45.2 Å². The first kappa shape index (κ1) is 32.2. The van der Waals surface area contributed by atoms with E-state index in [0.717, 1.165) is 41.2 Å². The highest BCUT2D eigenvalue weighted by molar-refractivity contribution is 7.23. The molecular weight excluding hydrogens is 622 g/mol. The Bertz CT molecular complexity index is 1760. The van der Waals surface area contributed by atoms with E-state index in [2.05, 4.69) is 15.2 Å². The molecule has 2 saturated heterocycles. The van der Waals surface area contributed by atoms with E-state index in [1.807, 2.05) is 10.5 Å². The average molecular weight is 660 g/mol. The number of aromatic nitrogens is 2. The third kappa shape index (κ3) is 7.00. The van der Waals surface area contributed by atoms with Crippen molar-refractivity contribution in [2.75, 3.05) is 32.7 Å². The minimum absolute atomic E-state index is 0.177. The lowest BCUT2D eigenvalue weighted by molar-refractivity contribution is -0.00243. The van der Waals surface area contributed by atoms with Gasteiger partial charge in [-0.3, -0.25) is 14.1 Å². The topological polar surface area (TPSA) is 79.2 Å². The van der Waals surface area contributed by atoms with Gasteiger partial charge in [0, 0.05) is 43.4 Å². The molecule has 1 N–H and O–H groups in total. The second kappa shape index (κ2) is 12.5. The van der Waals surface area contributed by atoms with Crippen LogP contribution in [0.15, 0.2) is 42.6 Å². The van der Waals surface area contributed by atoms with Crippen molar-refractivity contribution in [3.63, 3.8) is 0 Å². The molecule has 246 valence electrons. The zero-order valence-corrected chi connectivity index (χ0v) is 26.8. The molecular formula is C33H37F4N5O3S. The van der Waals surface area contributed by atoms with Crippen molar-refractivity contribution in [3.8, 4) is 11.3 Å². The van der Waals surface area contributed by atoms with Gasteiger partial charge in [0.05, 0.1) is 28.5 Å². The molecule has 0 spiro atoms. The van der Waals surface area contributed by atoms with Crippen molar-refractivity contribution < 1.29 is 31.9 Å². The Morgan fingerprint density at radius 2 is 1.89 bits per heavy atom. The van der Waals surface area contributed by atoms with Crippen molar-refractivity contribution in [2.24, 2.45) is 0 Å². The van der Waals surface area contributed by atoms with Crippen LogP contribution >= 0.6 is 11.3 Å². The molecule has 0 aliphatic carbocycles. The number of hydrogen-bond acceptors (Lipinski definition) is 6. The van der Waals surface area contributed by atoms with Crippen molar-refractivity contribution in [3.05, 3.63) is 59.5 Å². The number of halogens is 4. The summed E-state index contributed by atoms with van der Waals surface area (Å²) in [5.74, 6) is -3.94. The molecule has 0 saturated carbocycles. The number of nitrogens with zero attached hydrogens (tertiary/aromatic N) is 4. The second-order valence-corrected chi connectivity index (χ2v) is 14.1. The Kier molecular flexibility index (Phi) is 8.75. The van der Waals surface area contributed by atoms with Gasteiger partial charge in [-0.1, -0.05) is 17.4 Å². The molecule has 2 aromatic carbocycles. The molecule has 13 heteroatoms. The van der Waals surface area contributed by atoms with Crippen LogP contribution in [-0.4, -0.2) is 81.6 Å². The molecule has 1 atom stereocenters. The molecule has 2 aliphatic heterocycles. The highest BCUT2D eigenvalue weighted by Crippen LogP contribution is 2.42. The van der Waals surface area contributed by atoms with Crippen molar-refractivity contribution in [1.29, 1.82) is 0 Å². The van der Waals surface area contributed by atoms with Crippen LogP contribution in [0.2, 0.25) is 0 Å². The number of carbonyl (C=O) groups excluding carboxylic acids is 2. The van der Waals surface area contributed by atoms with E-state index >= 15 is 4.39 Å². The molecule has 2 amide bonds. The Morgan fingerprint density at radius 3 is 2.61 bits per heavy atom. The van der Waals surface area contributed by atoms with Crippen molar-refractivity contribution in [1.82, 2.24) is 24.5 Å². The first-order valence-electron chi connectivity index (χ1n) is 15.5. The van der Waals surface area contributed by atoms with Crippen LogP contribution in [0.25, 0.3) is 26.4 Å². The number of nitrogens with one attached hydrogen (secondary N) is 1. The van der Waals surface area contributed by atoms with Gasteiger partial charge < -0.3 is 15.0 Å². The molecule has 4 heterocycles. The number of piperidine rings is 1. The normalized spacial score (nSPS) is 19.3. The van der Waals surface area contributed by atoms with E-state index < -0.39 is 48.6 Å². The fourth-order valence-electron chi connectivity index (χ4n) is 6.08. The number of ether oxygens (including phenoxy) is 1. The third-order valence-electron chi connectivity index (χ3n) is 8.36. The van der Waals surface area contributed by atoms with Gasteiger partial charge in [0.15, 0.2) is 4.96 Å². The molecule has 2 aliphatic rings. The van der Waals surface area contributed by atoms with Crippen LogP contribution < -0.4 is 5.32 Å². The van der Waals surface area contributed by atoms with E-state index in [9.17, 15) is 22.8 Å². The van der Waals surface area contributed by atoms with Gasteiger partial charge in [-0.2, -0.15) is 0 Å². The Hall–Kier alpha value is -3.71. The summed E-state index contributed by atoms with van der Waals surface area (Å²) in [6, 6.07) is 8.55. The standard InChI is InChI=1S/C33H37F4N5O3S/c1-32(2,3)45-31(44)42-19-33(36,37)17-27(42)20-5-7-23(24(35)15-20)25-18-41-26-8-6-21(16-28(26)46-30(41)39-25)29(43)38-11-4-12-40-13-9-22(34)10-14-40/h5-8,15-16,18,22,27H,4,9-14,17,19H2,1-3H3,(H,38,43). The van der Waals surface area contributed by atoms with Crippen molar-refractivity contribution >= 4 is 38.5 Å². The summed E-state index contributed by atoms with van der Waals surface area (Å²) in [5.41, 5.74) is 1.29. The summed E-state index contributed by atoms with van der Waals surface area (Å²) in [7, 11) is 0. The third-order valence-corrected chi connectivity index (χ3v) is 9.38. The lowest BCUT2D eigenvalue weighted by Gasteiger charge is -2.28. The lowest BCUT2D eigenvalue weighted by atomic mass is 10.0. The fraction of sp³-hybridized carbons (Fsp3) is 0.485. The van der Waals surface area contributed by atoms with Gasteiger partial charge in [-0.05, 0) is 82.5 Å². The van der Waals surface area contributed by atoms with Crippen LogP contribution in [0.4, 0.5) is 22.4 Å². The molecule has 0 bridgehead atoms. The predicted molar refractivity (Wildman–Crippen MR) is 169 cm³/mol. The average Bonchev–Trinajstić information content (AvgIpc) is 3.65. The molecule has 6 rings (SSSR count). The maximum Gasteiger partial charge on any atom is 0.411 e. The molecule has 2 fully saturated rings. The largest absolute Gasteiger partial charge is 0.444 e. The highest BCUT2D eigenvalue weighted by Gasteiger charge is 2.49. The Morgan fingerprint density at radius 1 is 1.13 bits per heavy atom. The highest BCUT2D eigenvalue weighted by atomic mass is 32.1. The summed E-state index contributed by atoms with van der Waals surface area (Å²) in [6.45, 7) is 7.01. The second-order valence-electron chi connectivity index (χ2n) is 13.1. The summed E-state index contributed by atoms with van der Waals surface area (Å²) in [6.07, 6.45) is 1.43. The zero-order valence-electron chi connectivity index (χ0n) is 26.0. The predicted octanol–water partition coefficient (Wildman–Crippen LogP) is 7.23. The Labute approximate surface area is 268 Å². The number of fused-ring (bicyclic) bond motifs is 3. The molecule has 0 radical (unpaired) electrons. The first-order valence-corrected chi connectivity index (χ1v) is 16.3. The first-order chi connectivity index (χ1) is 21.8. The number of carbonyl (C=O) groups is 2. The minimum atomic E-state index is -3.12. The van der Waals surface area contributed by atoms with Crippen LogP contribution in [-0.2, 0) is 4.74 Å². The number of alkyl halides is 3. The molecule has 4 aromatic rings. The summed E-state index contributed by atoms with van der Waals surface area (Å²) in [4.78, 5) is 33.9. The Balaban J connectivity index is 1.14. The molecule has 1 unspecified atom stereocenters. The minimum Gasteiger partial charge on any atom is -0.444 e. The van der Waals surface area contributed by atoms with Crippen molar-refractivity contribution in [2.45, 2.75) is 70.2 Å². The number of hydrogen-bond donors (Lipinski definition) is 1. The van der Waals surface area contributed by atoms with Gasteiger partial charge >= 0.3 is 6.09 Å². The number of likely N-dealkylation sites (tertiary alicyclic amines) is 2. The number of thiazole rings is 1. The SMILES string of the molecule is CC(C)(C)OC(=O)N1CC(F)(F)CC1c1ccc(-c2cn3c(n2)sc2cc(C(=O)NCCCN4CCC(F)CC4)ccc23)c(F)c1. The lowest BCUT2D eigenvalue weighted by Crippen LogP contribution is -2.37. The van der Waals surface area contributed by atoms with Gasteiger partial charge in [0.1, 0.15) is 17.6 Å². The van der Waals surface area contributed by atoms with E-state index in [4.69, 9.17) is 4.74 Å². The van der Waals surface area contributed by atoms with Gasteiger partial charge in [0.25, 0.3) is 11.8 Å². The van der Waals surface area contributed by atoms with E-state index in [0.29, 0.717) is 35.6 Å². The van der Waals surface area contributed by atoms with Crippen LogP contribution in [0.3, 0.4) is 0 Å². The van der Waals surface area contributed by atoms with Gasteiger partial charge in [0.2, 0.25) is 0 Å². The molecule has 2 aromatic heterocycles.